The topological polar surface area (TPSA) is 64.2 Å². The van der Waals surface area contributed by atoms with Crippen LogP contribution in [0.2, 0.25) is 0 Å². The van der Waals surface area contributed by atoms with Crippen molar-refractivity contribution >= 4 is 18.3 Å². The summed E-state index contributed by atoms with van der Waals surface area (Å²) in [6, 6.07) is 20.5. The van der Waals surface area contributed by atoms with Crippen molar-refractivity contribution in [3.05, 3.63) is 89.7 Å². The molecule has 1 aliphatic rings. The van der Waals surface area contributed by atoms with Crippen molar-refractivity contribution in [3.8, 4) is 0 Å². The summed E-state index contributed by atoms with van der Waals surface area (Å²) < 4.78 is 1.81. The van der Waals surface area contributed by atoms with E-state index >= 15 is 0 Å². The third kappa shape index (κ3) is 4.26. The first kappa shape index (κ1) is 20.1. The van der Waals surface area contributed by atoms with Gasteiger partial charge in [-0.1, -0.05) is 60.7 Å². The molecule has 28 heavy (non-hydrogen) atoms. The van der Waals surface area contributed by atoms with Crippen LogP contribution in [0.15, 0.2) is 73.1 Å². The summed E-state index contributed by atoms with van der Waals surface area (Å²) in [5, 5.41) is 4.36. The second-order valence-electron chi connectivity index (χ2n) is 7.14. The van der Waals surface area contributed by atoms with Gasteiger partial charge in [0.25, 0.3) is 5.91 Å². The van der Waals surface area contributed by atoms with Gasteiger partial charge in [0.2, 0.25) is 0 Å². The Balaban J connectivity index is 0.00000225. The van der Waals surface area contributed by atoms with Gasteiger partial charge in [-0.3, -0.25) is 9.48 Å². The molecule has 0 spiro atoms. The standard InChI is InChI=1S/C22H24N4O.ClH/c23-11-19-14-25(16-21(19)18-9-5-2-6-10-18)22(27)20-12-24-26(15-20)13-17-7-3-1-4-8-17;/h1-10,12,15,19,21H,11,13-14,16,23H2;1H/t19-,21+;/m1./s1. The van der Waals surface area contributed by atoms with Gasteiger partial charge in [-0.15, -0.1) is 12.4 Å². The number of nitrogens with two attached hydrogens (primary N) is 1. The van der Waals surface area contributed by atoms with Crippen LogP contribution < -0.4 is 5.73 Å². The molecule has 3 aromatic rings. The summed E-state index contributed by atoms with van der Waals surface area (Å²) in [7, 11) is 0. The summed E-state index contributed by atoms with van der Waals surface area (Å²) >= 11 is 0. The Bertz CT molecular complexity index is 897. The first-order valence-electron chi connectivity index (χ1n) is 9.35. The number of hydrogen-bond acceptors (Lipinski definition) is 3. The quantitative estimate of drug-likeness (QED) is 0.720. The highest BCUT2D eigenvalue weighted by Gasteiger charge is 2.35. The van der Waals surface area contributed by atoms with Crippen LogP contribution >= 0.6 is 12.4 Å². The van der Waals surface area contributed by atoms with Gasteiger partial charge in [0.15, 0.2) is 0 Å². The van der Waals surface area contributed by atoms with Gasteiger partial charge in [-0.05, 0) is 23.6 Å². The number of halogens is 1. The molecule has 0 saturated carbocycles. The summed E-state index contributed by atoms with van der Waals surface area (Å²) in [5.74, 6) is 0.612. The molecule has 4 rings (SSSR count). The fourth-order valence-electron chi connectivity index (χ4n) is 3.87. The normalized spacial score (nSPS) is 18.7. The molecule has 146 valence electrons. The van der Waals surface area contributed by atoms with Gasteiger partial charge in [0.1, 0.15) is 0 Å². The lowest BCUT2D eigenvalue weighted by Crippen LogP contribution is -2.29. The van der Waals surface area contributed by atoms with Crippen LogP contribution in [-0.2, 0) is 6.54 Å². The number of carbonyl (C=O) groups is 1. The zero-order valence-corrected chi connectivity index (χ0v) is 16.5. The van der Waals surface area contributed by atoms with E-state index in [0.29, 0.717) is 37.7 Å². The monoisotopic (exact) mass is 396 g/mol. The van der Waals surface area contributed by atoms with Crippen LogP contribution in [0.1, 0.15) is 27.4 Å². The predicted octanol–water partition coefficient (Wildman–Crippen LogP) is 3.17. The van der Waals surface area contributed by atoms with Crippen molar-refractivity contribution < 1.29 is 4.79 Å². The largest absolute Gasteiger partial charge is 0.338 e. The smallest absolute Gasteiger partial charge is 0.257 e. The van der Waals surface area contributed by atoms with Crippen LogP contribution in [0.3, 0.4) is 0 Å². The highest BCUT2D eigenvalue weighted by Crippen LogP contribution is 2.32. The van der Waals surface area contributed by atoms with Gasteiger partial charge in [-0.25, -0.2) is 0 Å². The first-order valence-corrected chi connectivity index (χ1v) is 9.35. The first-order chi connectivity index (χ1) is 13.2. The van der Waals surface area contributed by atoms with E-state index in [1.165, 1.54) is 5.56 Å². The molecule has 2 aromatic carbocycles. The maximum Gasteiger partial charge on any atom is 0.257 e. The number of amides is 1. The van der Waals surface area contributed by atoms with E-state index in [-0.39, 0.29) is 24.2 Å². The zero-order valence-electron chi connectivity index (χ0n) is 15.6. The van der Waals surface area contributed by atoms with E-state index in [4.69, 9.17) is 5.73 Å². The van der Waals surface area contributed by atoms with Crippen molar-refractivity contribution in [3.63, 3.8) is 0 Å². The molecule has 1 aromatic heterocycles. The summed E-state index contributed by atoms with van der Waals surface area (Å²) in [4.78, 5) is 14.9. The van der Waals surface area contributed by atoms with E-state index in [1.54, 1.807) is 6.20 Å². The number of likely N-dealkylation sites (tertiary alicyclic amines) is 1. The van der Waals surface area contributed by atoms with E-state index < -0.39 is 0 Å². The van der Waals surface area contributed by atoms with E-state index in [1.807, 2.05) is 52.2 Å². The molecule has 0 unspecified atom stereocenters. The molecule has 2 atom stereocenters. The molecule has 6 heteroatoms. The number of carbonyl (C=O) groups excluding carboxylic acids is 1. The minimum atomic E-state index is 0. The molecule has 1 aliphatic heterocycles. The number of aromatic nitrogens is 2. The lowest BCUT2D eigenvalue weighted by molar-refractivity contribution is 0.0786. The molecule has 0 radical (unpaired) electrons. The SMILES string of the molecule is Cl.NC[C@@H]1CN(C(=O)c2cnn(Cc3ccccc3)c2)C[C@H]1c1ccccc1. The Hall–Kier alpha value is -2.63. The molecule has 2 N–H and O–H groups in total. The van der Waals surface area contributed by atoms with Crippen LogP contribution in [0.25, 0.3) is 0 Å². The highest BCUT2D eigenvalue weighted by atomic mass is 35.5. The summed E-state index contributed by atoms with van der Waals surface area (Å²) in [6.45, 7) is 2.64. The molecule has 1 saturated heterocycles. The van der Waals surface area contributed by atoms with Crippen molar-refractivity contribution in [2.75, 3.05) is 19.6 Å². The summed E-state index contributed by atoms with van der Waals surface area (Å²) in [6.07, 6.45) is 3.50. The Kier molecular flexibility index (Phi) is 6.49. The Morgan fingerprint density at radius 1 is 1.04 bits per heavy atom. The predicted molar refractivity (Wildman–Crippen MR) is 113 cm³/mol. The lowest BCUT2D eigenvalue weighted by Gasteiger charge is -2.16. The molecule has 1 fully saturated rings. The van der Waals surface area contributed by atoms with Gasteiger partial charge in [0.05, 0.1) is 18.3 Å². The number of benzene rings is 2. The fourth-order valence-corrected chi connectivity index (χ4v) is 3.87. The maximum absolute atomic E-state index is 13.0. The van der Waals surface area contributed by atoms with Crippen LogP contribution in [0.5, 0.6) is 0 Å². The Morgan fingerprint density at radius 3 is 2.39 bits per heavy atom. The van der Waals surface area contributed by atoms with Crippen LogP contribution in [-0.4, -0.2) is 40.2 Å². The lowest BCUT2D eigenvalue weighted by atomic mass is 9.89. The highest BCUT2D eigenvalue weighted by molar-refractivity contribution is 5.94. The van der Waals surface area contributed by atoms with E-state index in [0.717, 1.165) is 5.56 Å². The van der Waals surface area contributed by atoms with E-state index in [2.05, 4.69) is 29.4 Å². The van der Waals surface area contributed by atoms with Gasteiger partial charge in [-0.2, -0.15) is 5.10 Å². The molecule has 5 nitrogen and oxygen atoms in total. The van der Waals surface area contributed by atoms with E-state index in [9.17, 15) is 4.79 Å². The van der Waals surface area contributed by atoms with Gasteiger partial charge in [0, 0.05) is 25.2 Å². The maximum atomic E-state index is 13.0. The minimum absolute atomic E-state index is 0. The average molecular weight is 397 g/mol. The zero-order chi connectivity index (χ0) is 18.6. The van der Waals surface area contributed by atoms with Gasteiger partial charge < -0.3 is 10.6 Å². The Morgan fingerprint density at radius 2 is 1.71 bits per heavy atom. The van der Waals surface area contributed by atoms with Crippen molar-refractivity contribution in [2.24, 2.45) is 11.7 Å². The molecule has 0 bridgehead atoms. The Labute approximate surface area is 171 Å². The minimum Gasteiger partial charge on any atom is -0.338 e. The molecular weight excluding hydrogens is 372 g/mol. The van der Waals surface area contributed by atoms with Crippen LogP contribution in [0.4, 0.5) is 0 Å². The molecule has 1 amide bonds. The van der Waals surface area contributed by atoms with Crippen molar-refractivity contribution in [2.45, 2.75) is 12.5 Å². The second-order valence-corrected chi connectivity index (χ2v) is 7.14. The third-order valence-electron chi connectivity index (χ3n) is 5.33. The second kappa shape index (κ2) is 9.04. The number of hydrogen-bond donors (Lipinski definition) is 1. The van der Waals surface area contributed by atoms with Gasteiger partial charge >= 0.3 is 0 Å². The molecule has 0 aliphatic carbocycles. The molecular formula is C22H25ClN4O. The van der Waals surface area contributed by atoms with Crippen molar-refractivity contribution in [1.29, 1.82) is 0 Å². The number of nitrogens with zero attached hydrogens (tertiary/aromatic N) is 3. The number of rotatable bonds is 5. The van der Waals surface area contributed by atoms with Crippen LogP contribution in [0, 0.1) is 5.92 Å². The average Bonchev–Trinajstić information content (AvgIpc) is 3.36. The third-order valence-corrected chi connectivity index (χ3v) is 5.33. The molecule has 2 heterocycles. The fraction of sp³-hybridized carbons (Fsp3) is 0.273. The van der Waals surface area contributed by atoms with Crippen molar-refractivity contribution in [1.82, 2.24) is 14.7 Å². The summed E-state index contributed by atoms with van der Waals surface area (Å²) in [5.41, 5.74) is 9.05.